The third-order valence-electron chi connectivity index (χ3n) is 3.74. The summed E-state index contributed by atoms with van der Waals surface area (Å²) in [6.45, 7) is 6.48. The van der Waals surface area contributed by atoms with Crippen LogP contribution in [0.3, 0.4) is 0 Å². The van der Waals surface area contributed by atoms with Crippen molar-refractivity contribution in [2.24, 2.45) is 0 Å². The van der Waals surface area contributed by atoms with Crippen LogP contribution >= 0.6 is 11.8 Å². The lowest BCUT2D eigenvalue weighted by Gasteiger charge is -2.28. The molecule has 122 valence electrons. The molecule has 7 heteroatoms. The van der Waals surface area contributed by atoms with E-state index in [1.165, 1.54) is 17.3 Å². The highest BCUT2D eigenvalue weighted by molar-refractivity contribution is 8.00. The number of nitrogens with one attached hydrogen (secondary N) is 1. The van der Waals surface area contributed by atoms with Gasteiger partial charge in [0.2, 0.25) is 11.1 Å². The molecule has 2 heterocycles. The Balaban J connectivity index is 1.64. The van der Waals surface area contributed by atoms with Crippen molar-refractivity contribution in [1.29, 1.82) is 0 Å². The van der Waals surface area contributed by atoms with Crippen LogP contribution < -0.4 is 0 Å². The Kier molecular flexibility index (Phi) is 4.97. The summed E-state index contributed by atoms with van der Waals surface area (Å²) in [6, 6.07) is 8.09. The summed E-state index contributed by atoms with van der Waals surface area (Å²) in [5, 5.41) is 7.53. The average Bonchev–Trinajstić information content (AvgIpc) is 3.04. The number of benzene rings is 1. The Morgan fingerprint density at radius 1 is 1.30 bits per heavy atom. The second kappa shape index (κ2) is 7.14. The predicted octanol–water partition coefficient (Wildman–Crippen LogP) is 2.12. The number of carbonyl (C=O) groups is 1. The van der Waals surface area contributed by atoms with Gasteiger partial charge in [0.1, 0.15) is 0 Å². The maximum absolute atomic E-state index is 12.4. The first kappa shape index (κ1) is 16.0. The van der Waals surface area contributed by atoms with Crippen molar-refractivity contribution in [3.8, 4) is 11.4 Å². The minimum absolute atomic E-state index is 0.111. The third-order valence-corrected chi connectivity index (χ3v) is 4.69. The lowest BCUT2D eigenvalue weighted by atomic mass is 10.1. The summed E-state index contributed by atoms with van der Waals surface area (Å²) in [4.78, 5) is 18.7. The van der Waals surface area contributed by atoms with Crippen LogP contribution in [-0.4, -0.2) is 57.5 Å². The van der Waals surface area contributed by atoms with Gasteiger partial charge < -0.3 is 9.64 Å². The summed E-state index contributed by atoms with van der Waals surface area (Å²) in [7, 11) is 0. The number of hydrogen-bond donors (Lipinski definition) is 1. The second-order valence-corrected chi connectivity index (χ2v) is 6.84. The van der Waals surface area contributed by atoms with Gasteiger partial charge >= 0.3 is 0 Å². The zero-order chi connectivity index (χ0) is 16.2. The van der Waals surface area contributed by atoms with E-state index in [0.29, 0.717) is 31.5 Å². The van der Waals surface area contributed by atoms with Gasteiger partial charge in [-0.15, -0.1) is 5.10 Å². The summed E-state index contributed by atoms with van der Waals surface area (Å²) in [5.41, 5.74) is 2.19. The van der Waals surface area contributed by atoms with Crippen molar-refractivity contribution in [2.75, 3.05) is 26.3 Å². The van der Waals surface area contributed by atoms with E-state index in [1.807, 2.05) is 43.0 Å². The molecule has 1 atom stereocenters. The number of aromatic amines is 1. The van der Waals surface area contributed by atoms with Crippen LogP contribution in [0.5, 0.6) is 0 Å². The molecule has 1 fully saturated rings. The van der Waals surface area contributed by atoms with E-state index in [2.05, 4.69) is 15.2 Å². The fraction of sp³-hybridized carbons (Fsp3) is 0.438. The minimum atomic E-state index is -0.213. The smallest absolute Gasteiger partial charge is 0.236 e. The molecule has 0 bridgehead atoms. The molecule has 1 saturated heterocycles. The first-order chi connectivity index (χ1) is 11.1. The number of aromatic nitrogens is 3. The van der Waals surface area contributed by atoms with E-state index in [9.17, 15) is 4.79 Å². The standard InChI is InChI=1S/C16H20N4O2S/c1-11-3-5-13(6-4-11)14-17-16(19-18-14)23-12(2)15(21)20-7-9-22-10-8-20/h3-6,12H,7-10H2,1-2H3,(H,17,18,19)/t12-/m1/s1. The minimum Gasteiger partial charge on any atom is -0.378 e. The Bertz CT molecular complexity index is 665. The van der Waals surface area contributed by atoms with Crippen LogP contribution in [0.4, 0.5) is 0 Å². The summed E-state index contributed by atoms with van der Waals surface area (Å²) in [6.07, 6.45) is 0. The maximum Gasteiger partial charge on any atom is 0.236 e. The van der Waals surface area contributed by atoms with Crippen molar-refractivity contribution in [1.82, 2.24) is 20.1 Å². The van der Waals surface area contributed by atoms with Gasteiger partial charge in [-0.1, -0.05) is 41.6 Å². The number of morpholine rings is 1. The van der Waals surface area contributed by atoms with Crippen LogP contribution in [0.2, 0.25) is 0 Å². The molecule has 1 aromatic carbocycles. The Labute approximate surface area is 139 Å². The van der Waals surface area contributed by atoms with Gasteiger partial charge in [-0.05, 0) is 13.8 Å². The molecule has 0 saturated carbocycles. The van der Waals surface area contributed by atoms with Crippen molar-refractivity contribution in [2.45, 2.75) is 24.3 Å². The van der Waals surface area contributed by atoms with E-state index < -0.39 is 0 Å². The first-order valence-electron chi connectivity index (χ1n) is 7.66. The van der Waals surface area contributed by atoms with Crippen LogP contribution in [-0.2, 0) is 9.53 Å². The number of thioether (sulfide) groups is 1. The van der Waals surface area contributed by atoms with Crippen molar-refractivity contribution >= 4 is 17.7 Å². The van der Waals surface area contributed by atoms with Crippen molar-refractivity contribution in [3.63, 3.8) is 0 Å². The molecule has 0 unspecified atom stereocenters. The second-order valence-electron chi connectivity index (χ2n) is 5.53. The van der Waals surface area contributed by atoms with E-state index in [-0.39, 0.29) is 11.2 Å². The van der Waals surface area contributed by atoms with Gasteiger partial charge in [-0.3, -0.25) is 9.89 Å². The largest absolute Gasteiger partial charge is 0.378 e. The van der Waals surface area contributed by atoms with Crippen molar-refractivity contribution in [3.05, 3.63) is 29.8 Å². The van der Waals surface area contributed by atoms with E-state index in [1.54, 1.807) is 0 Å². The molecule has 6 nitrogen and oxygen atoms in total. The first-order valence-corrected chi connectivity index (χ1v) is 8.54. The van der Waals surface area contributed by atoms with E-state index in [4.69, 9.17) is 4.74 Å². The van der Waals surface area contributed by atoms with Crippen molar-refractivity contribution < 1.29 is 9.53 Å². The fourth-order valence-electron chi connectivity index (χ4n) is 2.39. The average molecular weight is 332 g/mol. The van der Waals surface area contributed by atoms with Gasteiger partial charge in [-0.2, -0.15) is 0 Å². The molecule has 23 heavy (non-hydrogen) atoms. The number of nitrogens with zero attached hydrogens (tertiary/aromatic N) is 3. The number of rotatable bonds is 4. The van der Waals surface area contributed by atoms with Gasteiger partial charge in [-0.25, -0.2) is 4.98 Å². The number of aryl methyl sites for hydroxylation is 1. The van der Waals surface area contributed by atoms with Gasteiger partial charge in [0.05, 0.1) is 18.5 Å². The molecule has 0 spiro atoms. The molecule has 1 N–H and O–H groups in total. The molecule has 3 rings (SSSR count). The number of H-pyrrole nitrogens is 1. The van der Waals surface area contributed by atoms with Gasteiger partial charge in [0.15, 0.2) is 5.82 Å². The van der Waals surface area contributed by atoms with Crippen LogP contribution in [0.25, 0.3) is 11.4 Å². The molecular weight excluding hydrogens is 312 g/mol. The normalized spacial score (nSPS) is 16.3. The monoisotopic (exact) mass is 332 g/mol. The van der Waals surface area contributed by atoms with Crippen LogP contribution in [0.1, 0.15) is 12.5 Å². The predicted molar refractivity (Wildman–Crippen MR) is 89.3 cm³/mol. The maximum atomic E-state index is 12.4. The molecule has 1 aliphatic heterocycles. The topological polar surface area (TPSA) is 71.1 Å². The fourth-order valence-corrected chi connectivity index (χ4v) is 3.20. The quantitative estimate of drug-likeness (QED) is 0.869. The van der Waals surface area contributed by atoms with Gasteiger partial charge in [0, 0.05) is 18.7 Å². The number of ether oxygens (including phenoxy) is 1. The molecule has 1 amide bonds. The molecule has 1 aliphatic rings. The zero-order valence-corrected chi connectivity index (χ0v) is 14.1. The summed E-state index contributed by atoms with van der Waals surface area (Å²) >= 11 is 1.38. The highest BCUT2D eigenvalue weighted by atomic mass is 32.2. The molecular formula is C16H20N4O2S. The highest BCUT2D eigenvalue weighted by Gasteiger charge is 2.24. The van der Waals surface area contributed by atoms with E-state index in [0.717, 1.165) is 11.4 Å². The number of amides is 1. The molecule has 2 aromatic rings. The van der Waals surface area contributed by atoms with Gasteiger partial charge in [0.25, 0.3) is 0 Å². The molecule has 0 aliphatic carbocycles. The lowest BCUT2D eigenvalue weighted by molar-refractivity contribution is -0.134. The highest BCUT2D eigenvalue weighted by Crippen LogP contribution is 2.24. The van der Waals surface area contributed by atoms with E-state index >= 15 is 0 Å². The Hall–Kier alpha value is -1.86. The lowest BCUT2D eigenvalue weighted by Crippen LogP contribution is -2.44. The number of hydrogen-bond acceptors (Lipinski definition) is 5. The number of carbonyl (C=O) groups excluding carboxylic acids is 1. The molecule has 1 aromatic heterocycles. The summed E-state index contributed by atoms with van der Waals surface area (Å²) < 4.78 is 5.28. The molecule has 0 radical (unpaired) electrons. The zero-order valence-electron chi connectivity index (χ0n) is 13.3. The summed E-state index contributed by atoms with van der Waals surface area (Å²) in [5.74, 6) is 0.832. The van der Waals surface area contributed by atoms with Crippen LogP contribution in [0, 0.1) is 6.92 Å². The SMILES string of the molecule is Cc1ccc(-c2nc(S[C@H](C)C(=O)N3CCOCC3)n[nH]2)cc1. The Morgan fingerprint density at radius 2 is 2.00 bits per heavy atom. The third kappa shape index (κ3) is 3.92. The Morgan fingerprint density at radius 3 is 2.70 bits per heavy atom. The van der Waals surface area contributed by atoms with Crippen LogP contribution in [0.15, 0.2) is 29.4 Å².